The summed E-state index contributed by atoms with van der Waals surface area (Å²) in [4.78, 5) is 4.45. The number of aromatic amines is 1. The van der Waals surface area contributed by atoms with E-state index in [-0.39, 0.29) is 0 Å². The van der Waals surface area contributed by atoms with E-state index in [1.54, 1.807) is 0 Å². The summed E-state index contributed by atoms with van der Waals surface area (Å²) in [6, 6.07) is 5.80. The number of nitrogens with one attached hydrogen (secondary N) is 1. The monoisotopic (exact) mass is 216 g/mol. The summed E-state index contributed by atoms with van der Waals surface area (Å²) < 4.78 is 0. The first-order valence-corrected chi connectivity index (χ1v) is 5.49. The fourth-order valence-corrected chi connectivity index (χ4v) is 1.66. The van der Waals surface area contributed by atoms with Gasteiger partial charge in [-0.25, -0.2) is 4.98 Å². The molecule has 16 heavy (non-hydrogen) atoms. The van der Waals surface area contributed by atoms with Gasteiger partial charge in [0.05, 0.1) is 0 Å². The first-order valence-electron chi connectivity index (χ1n) is 5.49. The Balaban J connectivity index is 2.39. The van der Waals surface area contributed by atoms with Gasteiger partial charge in [0.15, 0.2) is 5.82 Å². The number of nitrogens with zero attached hydrogens (tertiary/aromatic N) is 2. The summed E-state index contributed by atoms with van der Waals surface area (Å²) in [6.07, 6.45) is 1.99. The molecule has 0 atom stereocenters. The van der Waals surface area contributed by atoms with Crippen LogP contribution in [-0.2, 0) is 6.42 Å². The Bertz CT molecular complexity index is 488. The van der Waals surface area contributed by atoms with Crippen LogP contribution in [0, 0.1) is 6.92 Å². The highest BCUT2D eigenvalue weighted by Gasteiger charge is 2.09. The minimum atomic E-state index is 0.730. The van der Waals surface area contributed by atoms with Gasteiger partial charge in [-0.3, -0.25) is 5.10 Å². The Morgan fingerprint density at radius 2 is 2.19 bits per heavy atom. The Labute approximate surface area is 94.9 Å². The molecule has 0 bridgehead atoms. The lowest BCUT2D eigenvalue weighted by atomic mass is 10.1. The molecule has 0 aliphatic heterocycles. The average molecular weight is 216 g/mol. The number of hydrogen-bond donors (Lipinski definition) is 2. The lowest BCUT2D eigenvalue weighted by Crippen LogP contribution is -1.93. The second kappa shape index (κ2) is 4.35. The molecule has 0 saturated carbocycles. The second-order valence-electron chi connectivity index (χ2n) is 3.88. The molecule has 2 rings (SSSR count). The van der Waals surface area contributed by atoms with E-state index in [1.165, 1.54) is 0 Å². The second-order valence-corrected chi connectivity index (χ2v) is 3.88. The van der Waals surface area contributed by atoms with Crippen LogP contribution < -0.4 is 5.73 Å². The van der Waals surface area contributed by atoms with E-state index in [2.05, 4.69) is 22.1 Å². The molecule has 0 saturated heterocycles. The van der Waals surface area contributed by atoms with Crippen LogP contribution >= 0.6 is 0 Å². The first kappa shape index (κ1) is 10.7. The van der Waals surface area contributed by atoms with Crippen LogP contribution in [0.25, 0.3) is 11.4 Å². The number of benzene rings is 1. The van der Waals surface area contributed by atoms with Crippen molar-refractivity contribution in [1.29, 1.82) is 0 Å². The molecule has 0 radical (unpaired) electrons. The molecule has 0 fully saturated rings. The molecule has 4 heteroatoms. The predicted molar refractivity (Wildman–Crippen MR) is 65.0 cm³/mol. The fourth-order valence-electron chi connectivity index (χ4n) is 1.66. The van der Waals surface area contributed by atoms with Crippen LogP contribution in [0.15, 0.2) is 18.2 Å². The number of nitrogens with two attached hydrogens (primary N) is 1. The summed E-state index contributed by atoms with van der Waals surface area (Å²) in [7, 11) is 0. The zero-order valence-electron chi connectivity index (χ0n) is 9.62. The quantitative estimate of drug-likeness (QED) is 0.774. The van der Waals surface area contributed by atoms with Crippen molar-refractivity contribution < 1.29 is 0 Å². The maximum absolute atomic E-state index is 5.86. The van der Waals surface area contributed by atoms with E-state index >= 15 is 0 Å². The number of aryl methyl sites for hydroxylation is 1. The van der Waals surface area contributed by atoms with E-state index in [0.717, 1.165) is 41.3 Å². The molecule has 0 amide bonds. The van der Waals surface area contributed by atoms with Gasteiger partial charge in [-0.1, -0.05) is 19.1 Å². The molecular weight excluding hydrogens is 200 g/mol. The van der Waals surface area contributed by atoms with Gasteiger partial charge in [0.2, 0.25) is 0 Å². The normalized spacial score (nSPS) is 10.6. The van der Waals surface area contributed by atoms with Crippen molar-refractivity contribution in [3.05, 3.63) is 29.6 Å². The largest absolute Gasteiger partial charge is 0.398 e. The van der Waals surface area contributed by atoms with Crippen molar-refractivity contribution in [3.63, 3.8) is 0 Å². The molecule has 1 aromatic heterocycles. The van der Waals surface area contributed by atoms with E-state index < -0.39 is 0 Å². The van der Waals surface area contributed by atoms with Gasteiger partial charge < -0.3 is 5.73 Å². The highest BCUT2D eigenvalue weighted by atomic mass is 15.2. The van der Waals surface area contributed by atoms with Crippen molar-refractivity contribution in [2.45, 2.75) is 26.7 Å². The molecule has 0 aliphatic carbocycles. The van der Waals surface area contributed by atoms with Crippen LogP contribution in [0.3, 0.4) is 0 Å². The highest BCUT2D eigenvalue weighted by Crippen LogP contribution is 2.23. The summed E-state index contributed by atoms with van der Waals surface area (Å²) >= 11 is 0. The van der Waals surface area contributed by atoms with Gasteiger partial charge in [-0.05, 0) is 25.0 Å². The van der Waals surface area contributed by atoms with Crippen LogP contribution in [0.1, 0.15) is 24.7 Å². The Morgan fingerprint density at radius 3 is 2.94 bits per heavy atom. The summed E-state index contributed by atoms with van der Waals surface area (Å²) in [5, 5.41) is 7.17. The third kappa shape index (κ3) is 1.91. The zero-order chi connectivity index (χ0) is 11.5. The van der Waals surface area contributed by atoms with Gasteiger partial charge in [0.1, 0.15) is 5.82 Å². The predicted octanol–water partition coefficient (Wildman–Crippen LogP) is 2.31. The van der Waals surface area contributed by atoms with Crippen LogP contribution in [0.5, 0.6) is 0 Å². The molecule has 0 unspecified atom stereocenters. The maximum Gasteiger partial charge on any atom is 0.181 e. The molecule has 1 aromatic carbocycles. The Kier molecular flexibility index (Phi) is 2.90. The topological polar surface area (TPSA) is 67.6 Å². The fraction of sp³-hybridized carbons (Fsp3) is 0.333. The van der Waals surface area contributed by atoms with E-state index in [0.29, 0.717) is 0 Å². The number of rotatable bonds is 3. The van der Waals surface area contributed by atoms with Gasteiger partial charge in [0, 0.05) is 17.7 Å². The number of nitrogen functional groups attached to an aromatic ring is 1. The van der Waals surface area contributed by atoms with Gasteiger partial charge in [0.25, 0.3) is 0 Å². The van der Waals surface area contributed by atoms with Crippen molar-refractivity contribution in [2.75, 3.05) is 5.73 Å². The standard InChI is InChI=1S/C12H16N4/c1-3-5-11-14-12(16-15-11)9-6-4-7-10(13)8(9)2/h4,6-7H,3,5,13H2,1-2H3,(H,14,15,16). The zero-order valence-corrected chi connectivity index (χ0v) is 9.62. The van der Waals surface area contributed by atoms with Crippen LogP contribution in [0.2, 0.25) is 0 Å². The van der Waals surface area contributed by atoms with Crippen molar-refractivity contribution in [2.24, 2.45) is 0 Å². The average Bonchev–Trinajstić information content (AvgIpc) is 2.71. The van der Waals surface area contributed by atoms with E-state index in [9.17, 15) is 0 Å². The van der Waals surface area contributed by atoms with Gasteiger partial charge in [-0.15, -0.1) is 0 Å². The number of aromatic nitrogens is 3. The molecule has 0 spiro atoms. The third-order valence-corrected chi connectivity index (χ3v) is 2.64. The molecule has 2 aromatic rings. The molecule has 3 N–H and O–H groups in total. The van der Waals surface area contributed by atoms with Gasteiger partial charge in [-0.2, -0.15) is 5.10 Å². The molecule has 4 nitrogen and oxygen atoms in total. The number of anilines is 1. The first-order chi connectivity index (χ1) is 7.72. The minimum Gasteiger partial charge on any atom is -0.398 e. The minimum absolute atomic E-state index is 0.730. The Morgan fingerprint density at radius 1 is 1.38 bits per heavy atom. The molecule has 84 valence electrons. The van der Waals surface area contributed by atoms with Crippen molar-refractivity contribution in [3.8, 4) is 11.4 Å². The third-order valence-electron chi connectivity index (χ3n) is 2.64. The molecular formula is C12H16N4. The lowest BCUT2D eigenvalue weighted by Gasteiger charge is -2.03. The van der Waals surface area contributed by atoms with Crippen LogP contribution in [-0.4, -0.2) is 15.2 Å². The summed E-state index contributed by atoms with van der Waals surface area (Å²) in [5.74, 6) is 1.66. The van der Waals surface area contributed by atoms with Crippen LogP contribution in [0.4, 0.5) is 5.69 Å². The highest BCUT2D eigenvalue weighted by molar-refractivity contribution is 5.67. The number of hydrogen-bond acceptors (Lipinski definition) is 3. The van der Waals surface area contributed by atoms with Crippen molar-refractivity contribution in [1.82, 2.24) is 15.2 Å². The lowest BCUT2D eigenvalue weighted by molar-refractivity contribution is 0.841. The summed E-state index contributed by atoms with van der Waals surface area (Å²) in [5.41, 5.74) is 8.67. The SMILES string of the molecule is CCCc1nc(-c2cccc(N)c2C)n[nH]1. The summed E-state index contributed by atoms with van der Waals surface area (Å²) in [6.45, 7) is 4.11. The van der Waals surface area contributed by atoms with E-state index in [1.807, 2.05) is 25.1 Å². The Hall–Kier alpha value is -1.84. The molecule has 0 aliphatic rings. The van der Waals surface area contributed by atoms with Gasteiger partial charge >= 0.3 is 0 Å². The van der Waals surface area contributed by atoms with Crippen molar-refractivity contribution >= 4 is 5.69 Å². The van der Waals surface area contributed by atoms with E-state index in [4.69, 9.17) is 5.73 Å². The maximum atomic E-state index is 5.86. The number of H-pyrrole nitrogens is 1. The smallest absolute Gasteiger partial charge is 0.181 e. The molecule has 1 heterocycles.